The van der Waals surface area contributed by atoms with Crippen LogP contribution < -0.4 is 0 Å². The molecule has 0 amide bonds. The molecule has 40 heavy (non-hydrogen) atoms. The smallest absolute Gasteiger partial charge is 0.238 e. The summed E-state index contributed by atoms with van der Waals surface area (Å²) in [5.74, 6) is 1.93. The fourth-order valence-electron chi connectivity index (χ4n) is 5.68. The van der Waals surface area contributed by atoms with E-state index in [1.807, 2.05) is 72.0 Å². The van der Waals surface area contributed by atoms with Gasteiger partial charge < -0.3 is 0 Å². The van der Waals surface area contributed by atoms with Gasteiger partial charge in [-0.2, -0.15) is 9.97 Å². The van der Waals surface area contributed by atoms with Gasteiger partial charge in [-0.25, -0.2) is 4.98 Å². The summed E-state index contributed by atoms with van der Waals surface area (Å²) in [5, 5.41) is 5.07. The third-order valence-corrected chi connectivity index (χ3v) is 8.77. The lowest BCUT2D eigenvalue weighted by molar-refractivity contribution is 0.953. The van der Waals surface area contributed by atoms with Crippen LogP contribution in [-0.4, -0.2) is 19.5 Å². The maximum atomic E-state index is 5.07. The van der Waals surface area contributed by atoms with Crippen LogP contribution in [0.25, 0.3) is 70.7 Å². The number of aromatic nitrogens is 4. The SMILES string of the molecule is Cc1ccc2sc3c(ccc4c3c3cc(C)ccc3n4-c3nc(-c4ccccc4)nc(-c4ccccc4)n3)c2c1. The fourth-order valence-corrected chi connectivity index (χ4v) is 6.92. The Kier molecular flexibility index (Phi) is 5.09. The summed E-state index contributed by atoms with van der Waals surface area (Å²) in [6.07, 6.45) is 0. The van der Waals surface area contributed by atoms with Gasteiger partial charge in [-0.1, -0.05) is 90.0 Å². The van der Waals surface area contributed by atoms with E-state index >= 15 is 0 Å². The molecule has 0 aliphatic heterocycles. The van der Waals surface area contributed by atoms with Crippen molar-refractivity contribution in [3.8, 4) is 28.7 Å². The van der Waals surface area contributed by atoms with Gasteiger partial charge in [0.25, 0.3) is 0 Å². The normalized spacial score (nSPS) is 11.8. The Morgan fingerprint density at radius 1 is 0.550 bits per heavy atom. The van der Waals surface area contributed by atoms with E-state index in [9.17, 15) is 0 Å². The summed E-state index contributed by atoms with van der Waals surface area (Å²) in [5.41, 5.74) is 6.61. The lowest BCUT2D eigenvalue weighted by Crippen LogP contribution is -2.06. The second-order valence-electron chi connectivity index (χ2n) is 10.3. The first-order valence-electron chi connectivity index (χ1n) is 13.4. The Hall–Kier alpha value is -4.87. The largest absolute Gasteiger partial charge is 0.278 e. The van der Waals surface area contributed by atoms with Crippen LogP contribution in [0.5, 0.6) is 0 Å². The molecule has 0 bridgehead atoms. The van der Waals surface area contributed by atoms with E-state index in [4.69, 9.17) is 15.0 Å². The van der Waals surface area contributed by atoms with E-state index in [0.29, 0.717) is 17.6 Å². The Labute approximate surface area is 235 Å². The highest BCUT2D eigenvalue weighted by molar-refractivity contribution is 7.26. The van der Waals surface area contributed by atoms with Crippen molar-refractivity contribution in [3.63, 3.8) is 0 Å². The van der Waals surface area contributed by atoms with Gasteiger partial charge in [0, 0.05) is 42.1 Å². The van der Waals surface area contributed by atoms with Gasteiger partial charge in [0.15, 0.2) is 11.6 Å². The van der Waals surface area contributed by atoms with E-state index in [1.54, 1.807) is 0 Å². The molecule has 3 aromatic heterocycles. The zero-order valence-corrected chi connectivity index (χ0v) is 22.9. The van der Waals surface area contributed by atoms with E-state index in [0.717, 1.165) is 22.2 Å². The minimum Gasteiger partial charge on any atom is -0.278 e. The van der Waals surface area contributed by atoms with Gasteiger partial charge in [0.05, 0.1) is 11.0 Å². The molecule has 8 aromatic rings. The maximum Gasteiger partial charge on any atom is 0.238 e. The summed E-state index contributed by atoms with van der Waals surface area (Å²) in [4.78, 5) is 15.1. The summed E-state index contributed by atoms with van der Waals surface area (Å²) in [6.45, 7) is 4.31. The molecule has 0 spiro atoms. The Morgan fingerprint density at radius 2 is 1.15 bits per heavy atom. The highest BCUT2D eigenvalue weighted by Crippen LogP contribution is 2.43. The molecule has 0 fully saturated rings. The van der Waals surface area contributed by atoms with Gasteiger partial charge in [0.2, 0.25) is 5.95 Å². The molecule has 3 heterocycles. The molecule has 0 unspecified atom stereocenters. The number of rotatable bonds is 3. The van der Waals surface area contributed by atoms with E-state index in [1.165, 1.54) is 42.1 Å². The predicted octanol–water partition coefficient (Wildman–Crippen LogP) is 9.29. The number of hydrogen-bond donors (Lipinski definition) is 0. The van der Waals surface area contributed by atoms with Gasteiger partial charge >= 0.3 is 0 Å². The summed E-state index contributed by atoms with van der Waals surface area (Å²) >= 11 is 1.86. The fraction of sp³-hybridized carbons (Fsp3) is 0.0571. The molecule has 5 aromatic carbocycles. The summed E-state index contributed by atoms with van der Waals surface area (Å²) < 4.78 is 4.81. The Bertz CT molecular complexity index is 2170. The van der Waals surface area contributed by atoms with Crippen molar-refractivity contribution >= 4 is 53.3 Å². The van der Waals surface area contributed by atoms with Crippen LogP contribution in [-0.2, 0) is 0 Å². The highest BCUT2D eigenvalue weighted by Gasteiger charge is 2.20. The molecule has 0 N–H and O–H groups in total. The van der Waals surface area contributed by atoms with Crippen molar-refractivity contribution in [1.82, 2.24) is 19.5 Å². The van der Waals surface area contributed by atoms with Gasteiger partial charge in [-0.3, -0.25) is 4.57 Å². The molecule has 0 atom stereocenters. The van der Waals surface area contributed by atoms with Gasteiger partial charge in [-0.15, -0.1) is 11.3 Å². The second-order valence-corrected chi connectivity index (χ2v) is 11.4. The second kappa shape index (κ2) is 8.83. The molecule has 0 radical (unpaired) electrons. The van der Waals surface area contributed by atoms with Crippen LogP contribution in [0.2, 0.25) is 0 Å². The van der Waals surface area contributed by atoms with Crippen molar-refractivity contribution in [2.45, 2.75) is 13.8 Å². The molecule has 4 nitrogen and oxygen atoms in total. The van der Waals surface area contributed by atoms with Crippen molar-refractivity contribution in [3.05, 3.63) is 120 Å². The number of nitrogens with zero attached hydrogens (tertiary/aromatic N) is 4. The van der Waals surface area contributed by atoms with Crippen LogP contribution in [0.3, 0.4) is 0 Å². The molecular formula is C35H24N4S. The molecule has 0 saturated carbocycles. The number of fused-ring (bicyclic) bond motifs is 7. The first-order chi connectivity index (χ1) is 19.6. The predicted molar refractivity (Wildman–Crippen MR) is 167 cm³/mol. The van der Waals surface area contributed by atoms with E-state index in [2.05, 4.69) is 66.9 Å². The third kappa shape index (κ3) is 3.55. The van der Waals surface area contributed by atoms with Crippen LogP contribution in [0.4, 0.5) is 0 Å². The lowest BCUT2D eigenvalue weighted by atomic mass is 10.1. The van der Waals surface area contributed by atoms with Crippen molar-refractivity contribution < 1.29 is 0 Å². The van der Waals surface area contributed by atoms with Crippen LogP contribution in [0.1, 0.15) is 11.1 Å². The van der Waals surface area contributed by atoms with Crippen molar-refractivity contribution in [2.24, 2.45) is 0 Å². The minimum atomic E-state index is 0.618. The molecule has 0 saturated heterocycles. The standard InChI is InChI=1S/C35H24N4S/c1-21-13-16-28-27(20-21)31-29(17-15-25-26-19-22(2)14-18-30(26)40-32(25)31)39(28)35-37-33(23-9-5-3-6-10-23)36-34(38-35)24-11-7-4-8-12-24/h3-20H,1-2H3. The van der Waals surface area contributed by atoms with Crippen molar-refractivity contribution in [2.75, 3.05) is 0 Å². The zero-order chi connectivity index (χ0) is 26.8. The highest BCUT2D eigenvalue weighted by atomic mass is 32.1. The van der Waals surface area contributed by atoms with Crippen LogP contribution in [0, 0.1) is 13.8 Å². The Morgan fingerprint density at radius 3 is 1.82 bits per heavy atom. The van der Waals surface area contributed by atoms with Crippen LogP contribution >= 0.6 is 11.3 Å². The van der Waals surface area contributed by atoms with Crippen molar-refractivity contribution in [1.29, 1.82) is 0 Å². The van der Waals surface area contributed by atoms with Gasteiger partial charge in [0.1, 0.15) is 0 Å². The number of benzene rings is 5. The lowest BCUT2D eigenvalue weighted by Gasteiger charge is -2.11. The molecule has 0 aliphatic carbocycles. The van der Waals surface area contributed by atoms with Gasteiger partial charge in [-0.05, 0) is 44.2 Å². The maximum absolute atomic E-state index is 5.07. The van der Waals surface area contributed by atoms with E-state index < -0.39 is 0 Å². The monoisotopic (exact) mass is 532 g/mol. The topological polar surface area (TPSA) is 43.6 Å². The molecular weight excluding hydrogens is 508 g/mol. The molecule has 190 valence electrons. The number of aryl methyl sites for hydroxylation is 2. The first kappa shape index (κ1) is 23.1. The first-order valence-corrected chi connectivity index (χ1v) is 14.2. The third-order valence-electron chi connectivity index (χ3n) is 7.56. The minimum absolute atomic E-state index is 0.618. The number of hydrogen-bond acceptors (Lipinski definition) is 4. The van der Waals surface area contributed by atoms with E-state index in [-0.39, 0.29) is 0 Å². The summed E-state index contributed by atoms with van der Waals surface area (Å²) in [6, 6.07) is 38.2. The quantitative estimate of drug-likeness (QED) is 0.228. The van der Waals surface area contributed by atoms with Crippen LogP contribution in [0.15, 0.2) is 109 Å². The molecule has 0 aliphatic rings. The molecule has 8 rings (SSSR count). The number of thiophene rings is 1. The average Bonchev–Trinajstić information content (AvgIpc) is 3.52. The average molecular weight is 533 g/mol. The Balaban J connectivity index is 1.50. The molecule has 5 heteroatoms. The summed E-state index contributed by atoms with van der Waals surface area (Å²) in [7, 11) is 0. The zero-order valence-electron chi connectivity index (χ0n) is 22.1.